The van der Waals surface area contributed by atoms with Crippen LogP contribution in [-0.4, -0.2) is 30.8 Å². The molecule has 0 saturated heterocycles. The van der Waals surface area contributed by atoms with Crippen LogP contribution in [0.15, 0.2) is 54.6 Å². The van der Waals surface area contributed by atoms with Crippen LogP contribution < -0.4 is 16.0 Å². The topological polar surface area (TPSA) is 87.3 Å². The molecule has 2 aromatic carbocycles. The Morgan fingerprint density at radius 3 is 2.16 bits per heavy atom. The smallest absolute Gasteiger partial charge is 0.251 e. The number of para-hydroxylation sites is 1. The summed E-state index contributed by atoms with van der Waals surface area (Å²) in [5, 5.41) is 7.76. The summed E-state index contributed by atoms with van der Waals surface area (Å²) < 4.78 is 0. The van der Waals surface area contributed by atoms with E-state index in [1.54, 1.807) is 30.3 Å². The molecule has 0 radical (unpaired) electrons. The first-order chi connectivity index (χ1) is 12.1. The Morgan fingerprint density at radius 2 is 1.44 bits per heavy atom. The van der Waals surface area contributed by atoms with Crippen molar-refractivity contribution in [3.8, 4) is 0 Å². The number of carbonyl (C=O) groups excluding carboxylic acids is 3. The molecule has 0 saturated carbocycles. The van der Waals surface area contributed by atoms with E-state index in [0.29, 0.717) is 5.56 Å². The number of nitrogens with one attached hydrogen (secondary N) is 3. The number of hydrogen-bond donors (Lipinski definition) is 3. The Balaban J connectivity index is 1.74. The molecule has 2 aromatic rings. The van der Waals surface area contributed by atoms with Crippen LogP contribution in [0, 0.1) is 0 Å². The van der Waals surface area contributed by atoms with Crippen LogP contribution in [0.4, 0.5) is 5.69 Å². The number of benzene rings is 2. The van der Waals surface area contributed by atoms with Crippen molar-refractivity contribution >= 4 is 23.4 Å². The molecule has 0 spiro atoms. The highest BCUT2D eigenvalue weighted by Gasteiger charge is 2.10. The van der Waals surface area contributed by atoms with Crippen LogP contribution >= 0.6 is 0 Å². The summed E-state index contributed by atoms with van der Waals surface area (Å²) in [5.41, 5.74) is 2.24. The van der Waals surface area contributed by atoms with Crippen molar-refractivity contribution in [2.24, 2.45) is 0 Å². The first-order valence-corrected chi connectivity index (χ1v) is 8.08. The van der Waals surface area contributed by atoms with Crippen molar-refractivity contribution < 1.29 is 14.4 Å². The zero-order chi connectivity index (χ0) is 18.1. The van der Waals surface area contributed by atoms with Crippen molar-refractivity contribution in [3.05, 3.63) is 65.7 Å². The third-order valence-corrected chi connectivity index (χ3v) is 3.56. The predicted molar refractivity (Wildman–Crippen MR) is 96.2 cm³/mol. The van der Waals surface area contributed by atoms with Gasteiger partial charge in [0.05, 0.1) is 13.1 Å². The van der Waals surface area contributed by atoms with E-state index in [1.165, 1.54) is 0 Å². The second kappa shape index (κ2) is 9.22. The maximum atomic E-state index is 11.9. The van der Waals surface area contributed by atoms with E-state index < -0.39 is 5.91 Å². The number of carbonyl (C=O) groups is 3. The monoisotopic (exact) mass is 339 g/mol. The van der Waals surface area contributed by atoms with Crippen LogP contribution in [-0.2, 0) is 16.0 Å². The van der Waals surface area contributed by atoms with E-state index in [9.17, 15) is 14.4 Å². The molecule has 3 amide bonds. The lowest BCUT2D eigenvalue weighted by molar-refractivity contribution is -0.123. The van der Waals surface area contributed by atoms with Gasteiger partial charge in [0, 0.05) is 11.3 Å². The van der Waals surface area contributed by atoms with Crippen molar-refractivity contribution in [3.63, 3.8) is 0 Å². The van der Waals surface area contributed by atoms with Crippen LogP contribution in [0.5, 0.6) is 0 Å². The third kappa shape index (κ3) is 5.76. The summed E-state index contributed by atoms with van der Waals surface area (Å²) in [4.78, 5) is 35.5. The molecular weight excluding hydrogens is 318 g/mol. The van der Waals surface area contributed by atoms with E-state index in [0.717, 1.165) is 17.7 Å². The zero-order valence-corrected chi connectivity index (χ0v) is 14.0. The first-order valence-electron chi connectivity index (χ1n) is 8.08. The number of hydrogen-bond acceptors (Lipinski definition) is 3. The average Bonchev–Trinajstić information content (AvgIpc) is 2.65. The van der Waals surface area contributed by atoms with Crippen molar-refractivity contribution in [2.45, 2.75) is 13.3 Å². The standard InChI is InChI=1S/C19H21N3O3/c1-2-14-8-6-7-11-16(14)22-18(24)13-20-17(23)12-21-19(25)15-9-4-3-5-10-15/h3-11H,2,12-13H2,1H3,(H,20,23)(H,21,25)(H,22,24). The van der Waals surface area contributed by atoms with Gasteiger partial charge in [0.15, 0.2) is 0 Å². The van der Waals surface area contributed by atoms with Crippen molar-refractivity contribution in [1.29, 1.82) is 0 Å². The molecule has 25 heavy (non-hydrogen) atoms. The van der Waals surface area contributed by atoms with Crippen LogP contribution in [0.1, 0.15) is 22.8 Å². The Labute approximate surface area is 146 Å². The quantitative estimate of drug-likeness (QED) is 0.718. The highest BCUT2D eigenvalue weighted by Crippen LogP contribution is 2.14. The number of aryl methyl sites for hydroxylation is 1. The molecule has 0 aliphatic carbocycles. The molecule has 0 aliphatic rings. The van der Waals surface area contributed by atoms with Crippen LogP contribution in [0.2, 0.25) is 0 Å². The average molecular weight is 339 g/mol. The minimum atomic E-state index is -0.428. The lowest BCUT2D eigenvalue weighted by Gasteiger charge is -2.10. The molecule has 0 fully saturated rings. The number of rotatable bonds is 7. The summed E-state index contributed by atoms with van der Waals surface area (Å²) in [7, 11) is 0. The lowest BCUT2D eigenvalue weighted by Crippen LogP contribution is -2.40. The van der Waals surface area contributed by atoms with Crippen LogP contribution in [0.25, 0.3) is 0 Å². The number of amides is 3. The lowest BCUT2D eigenvalue weighted by atomic mass is 10.1. The molecule has 0 unspecified atom stereocenters. The Hall–Kier alpha value is -3.15. The largest absolute Gasteiger partial charge is 0.345 e. The Bertz CT molecular complexity index is 745. The van der Waals surface area contributed by atoms with Gasteiger partial charge in [-0.1, -0.05) is 43.3 Å². The van der Waals surface area contributed by atoms with E-state index >= 15 is 0 Å². The third-order valence-electron chi connectivity index (χ3n) is 3.56. The SMILES string of the molecule is CCc1ccccc1NC(=O)CNC(=O)CNC(=O)c1ccccc1. The van der Waals surface area contributed by atoms with Gasteiger partial charge in [-0.2, -0.15) is 0 Å². The highest BCUT2D eigenvalue weighted by molar-refractivity contribution is 5.98. The fourth-order valence-electron chi connectivity index (χ4n) is 2.24. The summed E-state index contributed by atoms with van der Waals surface area (Å²) in [6.07, 6.45) is 0.800. The molecular formula is C19H21N3O3. The molecule has 0 heterocycles. The van der Waals surface area contributed by atoms with Gasteiger partial charge in [0.2, 0.25) is 11.8 Å². The fourth-order valence-corrected chi connectivity index (χ4v) is 2.24. The van der Waals surface area contributed by atoms with Gasteiger partial charge >= 0.3 is 0 Å². The molecule has 2 rings (SSSR count). The summed E-state index contributed by atoms with van der Waals surface area (Å²) in [6.45, 7) is 1.66. The summed E-state index contributed by atoms with van der Waals surface area (Å²) >= 11 is 0. The molecule has 0 atom stereocenters. The predicted octanol–water partition coefficient (Wildman–Crippen LogP) is 1.73. The maximum absolute atomic E-state index is 11.9. The molecule has 130 valence electrons. The zero-order valence-electron chi connectivity index (χ0n) is 14.0. The molecule has 0 bridgehead atoms. The van der Waals surface area contributed by atoms with E-state index in [-0.39, 0.29) is 24.9 Å². The Kier molecular flexibility index (Phi) is 6.71. The van der Waals surface area contributed by atoms with Crippen LogP contribution in [0.3, 0.4) is 0 Å². The van der Waals surface area contributed by atoms with E-state index in [4.69, 9.17) is 0 Å². The van der Waals surface area contributed by atoms with Gasteiger partial charge in [-0.15, -0.1) is 0 Å². The minimum Gasteiger partial charge on any atom is -0.345 e. The molecule has 0 aliphatic heterocycles. The van der Waals surface area contributed by atoms with Gasteiger partial charge in [0.25, 0.3) is 5.91 Å². The minimum absolute atomic E-state index is 0.155. The molecule has 6 nitrogen and oxygen atoms in total. The number of anilines is 1. The van der Waals surface area contributed by atoms with Crippen molar-refractivity contribution in [1.82, 2.24) is 10.6 Å². The second-order valence-electron chi connectivity index (χ2n) is 5.38. The second-order valence-corrected chi connectivity index (χ2v) is 5.38. The van der Waals surface area contributed by atoms with Crippen molar-refractivity contribution in [2.75, 3.05) is 18.4 Å². The maximum Gasteiger partial charge on any atom is 0.251 e. The summed E-state index contributed by atoms with van der Waals surface area (Å²) in [5.74, 6) is -1.08. The van der Waals surface area contributed by atoms with Gasteiger partial charge in [-0.05, 0) is 30.2 Å². The van der Waals surface area contributed by atoms with Gasteiger partial charge in [0.1, 0.15) is 0 Å². The van der Waals surface area contributed by atoms with E-state index in [1.807, 2.05) is 31.2 Å². The molecule has 0 aromatic heterocycles. The molecule has 6 heteroatoms. The highest BCUT2D eigenvalue weighted by atomic mass is 16.2. The Morgan fingerprint density at radius 1 is 0.800 bits per heavy atom. The van der Waals surface area contributed by atoms with Gasteiger partial charge in [-0.25, -0.2) is 0 Å². The van der Waals surface area contributed by atoms with E-state index in [2.05, 4.69) is 16.0 Å². The van der Waals surface area contributed by atoms with Gasteiger partial charge < -0.3 is 16.0 Å². The first kappa shape index (κ1) is 18.2. The summed E-state index contributed by atoms with van der Waals surface area (Å²) in [6, 6.07) is 16.1. The normalized spacial score (nSPS) is 9.96. The molecule has 3 N–H and O–H groups in total. The fraction of sp³-hybridized carbons (Fsp3) is 0.211. The van der Waals surface area contributed by atoms with Gasteiger partial charge in [-0.3, -0.25) is 14.4 Å².